The van der Waals surface area contributed by atoms with Crippen molar-refractivity contribution in [2.75, 3.05) is 18.9 Å². The molecule has 0 spiro atoms. The lowest BCUT2D eigenvalue weighted by Crippen LogP contribution is -2.29. The lowest BCUT2D eigenvalue weighted by atomic mass is 10.0. The van der Waals surface area contributed by atoms with Crippen LogP contribution in [0.25, 0.3) is 0 Å². The molecule has 0 aliphatic carbocycles. The molecule has 0 fully saturated rings. The van der Waals surface area contributed by atoms with Crippen LogP contribution in [0.15, 0.2) is 60.9 Å². The van der Waals surface area contributed by atoms with Gasteiger partial charge in [-0.15, -0.1) is 10.2 Å². The minimum absolute atomic E-state index is 0.144. The number of nitrogens with zero attached hydrogens (tertiary/aromatic N) is 4. The summed E-state index contributed by atoms with van der Waals surface area (Å²) in [5.41, 5.74) is 3.70. The summed E-state index contributed by atoms with van der Waals surface area (Å²) in [6, 6.07) is 15.6. The van der Waals surface area contributed by atoms with Gasteiger partial charge < -0.3 is 10.2 Å². The average molecular weight is 375 g/mol. The van der Waals surface area contributed by atoms with E-state index in [0.717, 1.165) is 17.7 Å². The molecule has 144 valence electrons. The van der Waals surface area contributed by atoms with Crippen molar-refractivity contribution in [1.29, 1.82) is 0 Å². The largest absolute Gasteiger partial charge is 0.340 e. The Morgan fingerprint density at radius 1 is 1.00 bits per heavy atom. The van der Waals surface area contributed by atoms with Crippen molar-refractivity contribution in [2.45, 2.75) is 26.2 Å². The van der Waals surface area contributed by atoms with Crippen LogP contribution in [-0.4, -0.2) is 39.6 Å². The van der Waals surface area contributed by atoms with Crippen molar-refractivity contribution in [2.24, 2.45) is 0 Å². The van der Waals surface area contributed by atoms with Crippen LogP contribution in [0.2, 0.25) is 0 Å². The van der Waals surface area contributed by atoms with Crippen LogP contribution in [-0.2, 0) is 6.42 Å². The number of benzene rings is 1. The maximum Gasteiger partial charge on any atom is 0.274 e. The number of anilines is 2. The zero-order valence-electron chi connectivity index (χ0n) is 16.5. The molecule has 6 heteroatoms. The molecule has 6 nitrogen and oxygen atoms in total. The van der Waals surface area contributed by atoms with Crippen LogP contribution >= 0.6 is 0 Å². The number of aromatic nitrogens is 3. The maximum absolute atomic E-state index is 12.5. The number of nitrogens with one attached hydrogen (secondary N) is 1. The molecule has 1 amide bonds. The second kappa shape index (κ2) is 9.08. The molecule has 1 N–H and O–H groups in total. The van der Waals surface area contributed by atoms with Gasteiger partial charge in [0.2, 0.25) is 0 Å². The van der Waals surface area contributed by atoms with E-state index in [1.54, 1.807) is 36.5 Å². The molecule has 0 aliphatic heterocycles. The van der Waals surface area contributed by atoms with Gasteiger partial charge in [0.1, 0.15) is 0 Å². The molecule has 0 saturated carbocycles. The Morgan fingerprint density at radius 3 is 2.32 bits per heavy atom. The van der Waals surface area contributed by atoms with E-state index < -0.39 is 0 Å². The number of hydrogen-bond acceptors (Lipinski definition) is 5. The molecule has 0 aliphatic rings. The third-order valence-corrected chi connectivity index (χ3v) is 4.57. The molecule has 3 aromatic rings. The minimum Gasteiger partial charge on any atom is -0.340 e. The van der Waals surface area contributed by atoms with Crippen molar-refractivity contribution in [3.05, 3.63) is 77.7 Å². The van der Waals surface area contributed by atoms with E-state index in [9.17, 15) is 4.79 Å². The topological polar surface area (TPSA) is 71.0 Å². The van der Waals surface area contributed by atoms with E-state index in [2.05, 4.69) is 46.5 Å². The van der Waals surface area contributed by atoms with Crippen LogP contribution in [0, 0.1) is 0 Å². The number of amides is 1. The first kappa shape index (κ1) is 19.5. The first-order valence-corrected chi connectivity index (χ1v) is 9.38. The Morgan fingerprint density at radius 2 is 1.71 bits per heavy atom. The van der Waals surface area contributed by atoms with E-state index >= 15 is 0 Å². The fourth-order valence-electron chi connectivity index (χ4n) is 2.76. The smallest absolute Gasteiger partial charge is 0.274 e. The van der Waals surface area contributed by atoms with Crippen LogP contribution < -0.4 is 5.32 Å². The summed E-state index contributed by atoms with van der Waals surface area (Å²) in [6.07, 6.45) is 4.28. The molecular weight excluding hydrogens is 350 g/mol. The molecule has 0 unspecified atom stereocenters. The molecule has 28 heavy (non-hydrogen) atoms. The van der Waals surface area contributed by atoms with Gasteiger partial charge in [0.05, 0.1) is 0 Å². The van der Waals surface area contributed by atoms with E-state index in [1.807, 2.05) is 24.3 Å². The Labute approximate surface area is 165 Å². The highest BCUT2D eigenvalue weighted by Crippen LogP contribution is 2.19. The first-order chi connectivity index (χ1) is 13.5. The van der Waals surface area contributed by atoms with Crippen molar-refractivity contribution in [3.8, 4) is 0 Å². The summed E-state index contributed by atoms with van der Waals surface area (Å²) in [5.74, 6) is 0.956. The lowest BCUT2D eigenvalue weighted by Gasteiger charge is -2.16. The predicted octanol–water partition coefficient (Wildman–Crippen LogP) is 4.05. The second-order valence-electron chi connectivity index (χ2n) is 7.04. The SMILES string of the molecule is CC(C)c1ccc(Nc2ccc(C(=O)N(C)CCc3ccncc3)nn2)cc1. The summed E-state index contributed by atoms with van der Waals surface area (Å²) in [7, 11) is 1.77. The van der Waals surface area contributed by atoms with Gasteiger partial charge in [-0.05, 0) is 59.9 Å². The normalized spacial score (nSPS) is 10.7. The monoisotopic (exact) mass is 375 g/mol. The summed E-state index contributed by atoms with van der Waals surface area (Å²) in [4.78, 5) is 18.2. The standard InChI is InChI=1S/C22H25N5O/c1-16(2)18-4-6-19(7-5-18)24-21-9-8-20(25-26-21)22(28)27(3)15-12-17-10-13-23-14-11-17/h4-11,13-14,16H,12,15H2,1-3H3,(H,24,26). The highest BCUT2D eigenvalue weighted by Gasteiger charge is 2.14. The molecule has 0 atom stereocenters. The molecule has 0 radical (unpaired) electrons. The first-order valence-electron chi connectivity index (χ1n) is 9.38. The number of carbonyl (C=O) groups is 1. The quantitative estimate of drug-likeness (QED) is 0.674. The Hall–Kier alpha value is -3.28. The van der Waals surface area contributed by atoms with E-state index in [-0.39, 0.29) is 5.91 Å². The highest BCUT2D eigenvalue weighted by molar-refractivity contribution is 5.92. The number of likely N-dealkylation sites (N-methyl/N-ethyl adjacent to an activating group) is 1. The lowest BCUT2D eigenvalue weighted by molar-refractivity contribution is 0.0789. The molecular formula is C22H25N5O. The van der Waals surface area contributed by atoms with Gasteiger partial charge in [0.25, 0.3) is 5.91 Å². The second-order valence-corrected chi connectivity index (χ2v) is 7.04. The summed E-state index contributed by atoms with van der Waals surface area (Å²) < 4.78 is 0. The summed E-state index contributed by atoms with van der Waals surface area (Å²) in [5, 5.41) is 11.4. The number of rotatable bonds is 7. The molecule has 0 bridgehead atoms. The Balaban J connectivity index is 1.57. The van der Waals surface area contributed by atoms with Gasteiger partial charge in [-0.1, -0.05) is 26.0 Å². The van der Waals surface area contributed by atoms with Crippen LogP contribution in [0.3, 0.4) is 0 Å². The van der Waals surface area contributed by atoms with Gasteiger partial charge in [0, 0.05) is 31.7 Å². The van der Waals surface area contributed by atoms with Crippen molar-refractivity contribution < 1.29 is 4.79 Å². The van der Waals surface area contributed by atoms with Gasteiger partial charge >= 0.3 is 0 Å². The molecule has 1 aromatic carbocycles. The van der Waals surface area contributed by atoms with Crippen LogP contribution in [0.1, 0.15) is 41.4 Å². The van der Waals surface area contributed by atoms with Gasteiger partial charge in [-0.3, -0.25) is 9.78 Å². The summed E-state index contributed by atoms with van der Waals surface area (Å²) in [6.45, 7) is 4.93. The van der Waals surface area contributed by atoms with Gasteiger partial charge in [-0.25, -0.2) is 0 Å². The summed E-state index contributed by atoms with van der Waals surface area (Å²) >= 11 is 0. The van der Waals surface area contributed by atoms with E-state index in [4.69, 9.17) is 0 Å². The number of pyridine rings is 1. The Kier molecular flexibility index (Phi) is 6.32. The molecule has 3 rings (SSSR count). The van der Waals surface area contributed by atoms with Gasteiger partial charge in [0.15, 0.2) is 11.5 Å². The molecule has 2 heterocycles. The molecule has 2 aromatic heterocycles. The minimum atomic E-state index is -0.144. The van der Waals surface area contributed by atoms with Crippen molar-refractivity contribution >= 4 is 17.4 Å². The maximum atomic E-state index is 12.5. The third-order valence-electron chi connectivity index (χ3n) is 4.57. The molecule has 0 saturated heterocycles. The third kappa shape index (κ3) is 5.13. The average Bonchev–Trinajstić information content (AvgIpc) is 2.73. The van der Waals surface area contributed by atoms with E-state index in [0.29, 0.717) is 24.0 Å². The van der Waals surface area contributed by atoms with Crippen molar-refractivity contribution in [1.82, 2.24) is 20.1 Å². The number of carbonyl (C=O) groups excluding carboxylic acids is 1. The predicted molar refractivity (Wildman–Crippen MR) is 111 cm³/mol. The Bertz CT molecular complexity index is 892. The fraction of sp³-hybridized carbons (Fsp3) is 0.273. The van der Waals surface area contributed by atoms with E-state index in [1.165, 1.54) is 5.56 Å². The highest BCUT2D eigenvalue weighted by atomic mass is 16.2. The van der Waals surface area contributed by atoms with Crippen LogP contribution in [0.4, 0.5) is 11.5 Å². The van der Waals surface area contributed by atoms with Gasteiger partial charge in [-0.2, -0.15) is 0 Å². The fourth-order valence-corrected chi connectivity index (χ4v) is 2.76. The zero-order chi connectivity index (χ0) is 19.9. The zero-order valence-corrected chi connectivity index (χ0v) is 16.5. The van der Waals surface area contributed by atoms with Crippen LogP contribution in [0.5, 0.6) is 0 Å². The van der Waals surface area contributed by atoms with Crippen molar-refractivity contribution in [3.63, 3.8) is 0 Å². The number of hydrogen-bond donors (Lipinski definition) is 1.